The van der Waals surface area contributed by atoms with Gasteiger partial charge in [-0.1, -0.05) is 5.16 Å². The van der Waals surface area contributed by atoms with Crippen molar-refractivity contribution in [3.05, 3.63) is 23.8 Å². The number of hydrogen-bond donors (Lipinski definition) is 1. The van der Waals surface area contributed by atoms with Gasteiger partial charge in [0.2, 0.25) is 5.88 Å². The van der Waals surface area contributed by atoms with Crippen molar-refractivity contribution < 1.29 is 4.52 Å². The summed E-state index contributed by atoms with van der Waals surface area (Å²) in [6.07, 6.45) is 0. The van der Waals surface area contributed by atoms with Crippen LogP contribution in [-0.2, 0) is 0 Å². The van der Waals surface area contributed by atoms with Crippen LogP contribution in [-0.4, -0.2) is 5.16 Å². The Balaban J connectivity index is 2.82. The molecule has 0 aliphatic carbocycles. The van der Waals surface area contributed by atoms with Gasteiger partial charge in [-0.3, -0.25) is 0 Å². The SMILES string of the molecule is N#Cc1ccc2noc(N)c2c1. The van der Waals surface area contributed by atoms with Crippen LogP contribution in [0.5, 0.6) is 0 Å². The van der Waals surface area contributed by atoms with Crippen molar-refractivity contribution in [3.8, 4) is 6.07 Å². The molecule has 0 amide bonds. The molecule has 12 heavy (non-hydrogen) atoms. The molecule has 2 rings (SSSR count). The largest absolute Gasteiger partial charge is 0.367 e. The minimum Gasteiger partial charge on any atom is -0.367 e. The van der Waals surface area contributed by atoms with Gasteiger partial charge in [-0.05, 0) is 18.2 Å². The summed E-state index contributed by atoms with van der Waals surface area (Å²) in [6.45, 7) is 0. The molecule has 0 aliphatic heterocycles. The number of fused-ring (bicyclic) bond motifs is 1. The molecule has 0 saturated carbocycles. The minimum atomic E-state index is 0.252. The predicted molar refractivity (Wildman–Crippen MR) is 43.1 cm³/mol. The molecule has 2 aromatic rings. The molecule has 1 aromatic heterocycles. The van der Waals surface area contributed by atoms with E-state index in [0.717, 1.165) is 0 Å². The van der Waals surface area contributed by atoms with E-state index in [2.05, 4.69) is 5.16 Å². The summed E-state index contributed by atoms with van der Waals surface area (Å²) < 4.78 is 4.73. The first-order valence-corrected chi connectivity index (χ1v) is 3.36. The Kier molecular flexibility index (Phi) is 1.25. The first kappa shape index (κ1) is 6.68. The fourth-order valence-corrected chi connectivity index (χ4v) is 1.03. The molecule has 0 unspecified atom stereocenters. The fraction of sp³-hybridized carbons (Fsp3) is 0. The lowest BCUT2D eigenvalue weighted by molar-refractivity contribution is 0.445. The van der Waals surface area contributed by atoms with Crippen LogP contribution >= 0.6 is 0 Å². The van der Waals surface area contributed by atoms with Gasteiger partial charge >= 0.3 is 0 Å². The molecule has 2 N–H and O–H groups in total. The number of anilines is 1. The molecular formula is C8H5N3O. The van der Waals surface area contributed by atoms with Gasteiger partial charge in [0, 0.05) is 0 Å². The van der Waals surface area contributed by atoms with Crippen LogP contribution in [0.4, 0.5) is 5.88 Å². The molecule has 0 atom stereocenters. The summed E-state index contributed by atoms with van der Waals surface area (Å²) in [5.41, 5.74) is 6.69. The number of benzene rings is 1. The molecule has 0 saturated heterocycles. The summed E-state index contributed by atoms with van der Waals surface area (Å²) in [7, 11) is 0. The normalized spacial score (nSPS) is 9.92. The van der Waals surface area contributed by atoms with Crippen molar-refractivity contribution in [2.24, 2.45) is 0 Å². The highest BCUT2D eigenvalue weighted by Crippen LogP contribution is 2.20. The maximum Gasteiger partial charge on any atom is 0.230 e. The third-order valence-electron chi connectivity index (χ3n) is 1.63. The number of nitrogens with zero attached hydrogens (tertiary/aromatic N) is 2. The van der Waals surface area contributed by atoms with Crippen LogP contribution in [0.2, 0.25) is 0 Å². The first-order chi connectivity index (χ1) is 5.81. The van der Waals surface area contributed by atoms with Crippen molar-refractivity contribution in [1.82, 2.24) is 5.16 Å². The van der Waals surface area contributed by atoms with Crippen LogP contribution in [0.25, 0.3) is 10.9 Å². The van der Waals surface area contributed by atoms with E-state index in [1.54, 1.807) is 18.2 Å². The quantitative estimate of drug-likeness (QED) is 0.628. The lowest BCUT2D eigenvalue weighted by Crippen LogP contribution is -1.80. The van der Waals surface area contributed by atoms with Crippen LogP contribution in [0.1, 0.15) is 5.56 Å². The zero-order valence-corrected chi connectivity index (χ0v) is 6.11. The average Bonchev–Trinajstić information content (AvgIpc) is 2.47. The summed E-state index contributed by atoms with van der Waals surface area (Å²) in [6, 6.07) is 7.04. The van der Waals surface area contributed by atoms with Gasteiger partial charge < -0.3 is 10.3 Å². The standard InChI is InChI=1S/C8H5N3O/c9-4-5-1-2-7-6(3-5)8(10)12-11-7/h1-3H,10H2. The third-order valence-corrected chi connectivity index (χ3v) is 1.63. The highest BCUT2D eigenvalue weighted by molar-refractivity contribution is 5.88. The molecule has 0 spiro atoms. The van der Waals surface area contributed by atoms with Gasteiger partial charge in [0.05, 0.1) is 17.0 Å². The number of nitrogens with two attached hydrogens (primary N) is 1. The average molecular weight is 159 g/mol. The van der Waals surface area contributed by atoms with Crippen molar-refractivity contribution in [2.75, 3.05) is 5.73 Å². The van der Waals surface area contributed by atoms with Crippen molar-refractivity contribution in [3.63, 3.8) is 0 Å². The lowest BCUT2D eigenvalue weighted by Gasteiger charge is -1.87. The Hall–Kier alpha value is -2.02. The van der Waals surface area contributed by atoms with E-state index in [-0.39, 0.29) is 5.88 Å². The highest BCUT2D eigenvalue weighted by atomic mass is 16.5. The Morgan fingerprint density at radius 2 is 2.33 bits per heavy atom. The Bertz CT molecular complexity index is 467. The second kappa shape index (κ2) is 2.24. The van der Waals surface area contributed by atoms with Crippen LogP contribution in [0.3, 0.4) is 0 Å². The molecule has 0 bridgehead atoms. The van der Waals surface area contributed by atoms with Gasteiger partial charge in [0.15, 0.2) is 0 Å². The van der Waals surface area contributed by atoms with Crippen molar-refractivity contribution in [1.29, 1.82) is 5.26 Å². The predicted octanol–water partition coefficient (Wildman–Crippen LogP) is 1.28. The molecule has 0 fully saturated rings. The molecular weight excluding hydrogens is 154 g/mol. The maximum atomic E-state index is 8.58. The number of rotatable bonds is 0. The zero-order valence-electron chi connectivity index (χ0n) is 6.11. The summed E-state index contributed by atoms with van der Waals surface area (Å²) >= 11 is 0. The van der Waals surface area contributed by atoms with Crippen molar-refractivity contribution in [2.45, 2.75) is 0 Å². The summed E-state index contributed by atoms with van der Waals surface area (Å²) in [5, 5.41) is 13.0. The Morgan fingerprint density at radius 1 is 1.50 bits per heavy atom. The smallest absolute Gasteiger partial charge is 0.230 e. The van der Waals surface area contributed by atoms with E-state index >= 15 is 0 Å². The number of aromatic nitrogens is 1. The van der Waals surface area contributed by atoms with Gasteiger partial charge in [-0.15, -0.1) is 0 Å². The van der Waals surface area contributed by atoms with Crippen LogP contribution < -0.4 is 5.73 Å². The van der Waals surface area contributed by atoms with E-state index < -0.39 is 0 Å². The minimum absolute atomic E-state index is 0.252. The molecule has 0 aliphatic rings. The van der Waals surface area contributed by atoms with Crippen LogP contribution in [0.15, 0.2) is 22.7 Å². The molecule has 1 aromatic carbocycles. The second-order valence-electron chi connectivity index (χ2n) is 2.39. The lowest BCUT2D eigenvalue weighted by atomic mass is 10.2. The van der Waals surface area contributed by atoms with Gasteiger partial charge in [-0.25, -0.2) is 0 Å². The van der Waals surface area contributed by atoms with Crippen LogP contribution in [0, 0.1) is 11.3 Å². The van der Waals surface area contributed by atoms with E-state index in [1.165, 1.54) is 0 Å². The number of hydrogen-bond acceptors (Lipinski definition) is 4. The van der Waals surface area contributed by atoms with Crippen molar-refractivity contribution >= 4 is 16.8 Å². The molecule has 0 radical (unpaired) electrons. The fourth-order valence-electron chi connectivity index (χ4n) is 1.03. The molecule has 4 heteroatoms. The second-order valence-corrected chi connectivity index (χ2v) is 2.39. The summed E-state index contributed by atoms with van der Waals surface area (Å²) in [4.78, 5) is 0. The first-order valence-electron chi connectivity index (χ1n) is 3.36. The zero-order chi connectivity index (χ0) is 8.55. The van der Waals surface area contributed by atoms with E-state index in [4.69, 9.17) is 15.5 Å². The van der Waals surface area contributed by atoms with E-state index in [0.29, 0.717) is 16.5 Å². The third kappa shape index (κ3) is 0.805. The molecule has 4 nitrogen and oxygen atoms in total. The Labute approximate surface area is 68.2 Å². The van der Waals surface area contributed by atoms with Gasteiger partial charge in [-0.2, -0.15) is 5.26 Å². The van der Waals surface area contributed by atoms with Gasteiger partial charge in [0.1, 0.15) is 5.52 Å². The Morgan fingerprint density at radius 3 is 3.08 bits per heavy atom. The molecule has 58 valence electrons. The van der Waals surface area contributed by atoms with E-state index in [9.17, 15) is 0 Å². The maximum absolute atomic E-state index is 8.58. The monoisotopic (exact) mass is 159 g/mol. The summed E-state index contributed by atoms with van der Waals surface area (Å²) in [5.74, 6) is 0.252. The van der Waals surface area contributed by atoms with Gasteiger partial charge in [0.25, 0.3) is 0 Å². The number of nitriles is 1. The van der Waals surface area contributed by atoms with E-state index in [1.807, 2.05) is 6.07 Å². The highest BCUT2D eigenvalue weighted by Gasteiger charge is 2.04. The topological polar surface area (TPSA) is 75.8 Å². The number of nitrogen functional groups attached to an aromatic ring is 1. The molecule has 1 heterocycles.